The number of methoxy groups -OCH3 is 1. The molecular formula is C22H34N4O3. The summed E-state index contributed by atoms with van der Waals surface area (Å²) < 4.78 is 7.25. The molecule has 0 unspecified atom stereocenters. The average molecular weight is 403 g/mol. The smallest absolute Gasteiger partial charge is 0.255 e. The SMILES string of the molecule is COCc1c(C(=O)NC2[C@H]3CC4C[C@H]2CC(NC(C)=O)(C4)C3)cnn1C(C)(C)C. The average Bonchev–Trinajstić information content (AvgIpc) is 3.00. The zero-order valence-electron chi connectivity index (χ0n) is 18.2. The zero-order chi connectivity index (χ0) is 21.0. The molecule has 0 saturated heterocycles. The van der Waals surface area contributed by atoms with Crippen LogP contribution in [-0.4, -0.2) is 40.3 Å². The van der Waals surface area contributed by atoms with Crippen molar-refractivity contribution in [2.45, 2.75) is 83.5 Å². The van der Waals surface area contributed by atoms with Crippen LogP contribution in [0.2, 0.25) is 0 Å². The molecule has 1 heterocycles. The summed E-state index contributed by atoms with van der Waals surface area (Å²) in [7, 11) is 1.64. The third-order valence-electron chi connectivity index (χ3n) is 7.04. The van der Waals surface area contributed by atoms with Gasteiger partial charge in [0.2, 0.25) is 5.91 Å². The highest BCUT2D eigenvalue weighted by Gasteiger charge is 2.56. The van der Waals surface area contributed by atoms with Crippen molar-refractivity contribution in [1.29, 1.82) is 0 Å². The predicted octanol–water partition coefficient (Wildman–Crippen LogP) is 2.60. The van der Waals surface area contributed by atoms with E-state index in [2.05, 4.69) is 36.5 Å². The van der Waals surface area contributed by atoms with Crippen LogP contribution in [0.25, 0.3) is 0 Å². The normalized spacial score (nSPS) is 33.0. The Labute approximate surface area is 172 Å². The molecule has 29 heavy (non-hydrogen) atoms. The van der Waals surface area contributed by atoms with Gasteiger partial charge in [0.25, 0.3) is 5.91 Å². The van der Waals surface area contributed by atoms with Crippen LogP contribution in [0.1, 0.15) is 75.9 Å². The molecule has 2 N–H and O–H groups in total. The van der Waals surface area contributed by atoms with Gasteiger partial charge >= 0.3 is 0 Å². The van der Waals surface area contributed by atoms with Crippen molar-refractivity contribution in [3.8, 4) is 0 Å². The Hall–Kier alpha value is -1.89. The fraction of sp³-hybridized carbons (Fsp3) is 0.773. The van der Waals surface area contributed by atoms with Gasteiger partial charge in [-0.25, -0.2) is 0 Å². The maximum Gasteiger partial charge on any atom is 0.255 e. The number of ether oxygens (including phenoxy) is 1. The number of hydrogen-bond acceptors (Lipinski definition) is 4. The second kappa shape index (κ2) is 7.11. The highest BCUT2D eigenvalue weighted by molar-refractivity contribution is 5.95. The highest BCUT2D eigenvalue weighted by Crippen LogP contribution is 2.55. The van der Waals surface area contributed by atoms with Crippen molar-refractivity contribution >= 4 is 11.8 Å². The van der Waals surface area contributed by atoms with Crippen LogP contribution in [0.15, 0.2) is 6.20 Å². The minimum Gasteiger partial charge on any atom is -0.378 e. The molecule has 4 aliphatic rings. The van der Waals surface area contributed by atoms with Crippen molar-refractivity contribution < 1.29 is 14.3 Å². The van der Waals surface area contributed by atoms with E-state index in [0.717, 1.165) is 37.8 Å². The van der Waals surface area contributed by atoms with E-state index in [-0.39, 0.29) is 28.9 Å². The van der Waals surface area contributed by atoms with Gasteiger partial charge in [0.05, 0.1) is 29.6 Å². The summed E-state index contributed by atoms with van der Waals surface area (Å²) in [6.07, 6.45) is 7.00. The number of carbonyl (C=O) groups excluding carboxylic acids is 2. The van der Waals surface area contributed by atoms with E-state index in [4.69, 9.17) is 4.74 Å². The predicted molar refractivity (Wildman–Crippen MR) is 109 cm³/mol. The number of aromatic nitrogens is 2. The summed E-state index contributed by atoms with van der Waals surface area (Å²) in [6, 6.07) is 0.175. The Morgan fingerprint density at radius 1 is 1.24 bits per heavy atom. The highest BCUT2D eigenvalue weighted by atomic mass is 16.5. The van der Waals surface area contributed by atoms with E-state index in [0.29, 0.717) is 29.9 Å². The third-order valence-corrected chi connectivity index (χ3v) is 7.04. The van der Waals surface area contributed by atoms with Crippen molar-refractivity contribution in [3.63, 3.8) is 0 Å². The van der Waals surface area contributed by atoms with Crippen molar-refractivity contribution in [3.05, 3.63) is 17.5 Å². The van der Waals surface area contributed by atoms with Crippen LogP contribution in [-0.2, 0) is 21.7 Å². The van der Waals surface area contributed by atoms with Crippen LogP contribution >= 0.6 is 0 Å². The van der Waals surface area contributed by atoms with E-state index in [1.807, 2.05) is 4.68 Å². The van der Waals surface area contributed by atoms with E-state index < -0.39 is 0 Å². The van der Waals surface area contributed by atoms with Gasteiger partial charge in [0.15, 0.2) is 0 Å². The summed E-state index contributed by atoms with van der Waals surface area (Å²) in [4.78, 5) is 25.0. The van der Waals surface area contributed by atoms with Gasteiger partial charge in [-0.2, -0.15) is 5.10 Å². The molecule has 0 spiro atoms. The molecule has 4 fully saturated rings. The van der Waals surface area contributed by atoms with Gasteiger partial charge in [0, 0.05) is 25.6 Å². The van der Waals surface area contributed by atoms with E-state index in [1.165, 1.54) is 0 Å². The number of rotatable bonds is 5. The molecule has 0 radical (unpaired) electrons. The van der Waals surface area contributed by atoms with Gasteiger partial charge in [-0.15, -0.1) is 0 Å². The summed E-state index contributed by atoms with van der Waals surface area (Å²) >= 11 is 0. The number of carbonyl (C=O) groups is 2. The lowest BCUT2D eigenvalue weighted by atomic mass is 9.51. The first-order valence-electron chi connectivity index (χ1n) is 10.8. The fourth-order valence-electron chi connectivity index (χ4n) is 6.43. The first-order valence-corrected chi connectivity index (χ1v) is 10.8. The Bertz CT molecular complexity index is 793. The molecule has 160 valence electrons. The standard InChI is InChI=1S/C22H34N4O3/c1-13(27)25-22-8-14-6-15(9-22)19(16(7-14)10-22)24-20(28)17-11-23-26(21(2,3)4)18(17)12-29-5/h11,14-16,19H,6-10,12H2,1-5H3,(H,24,28)(H,25,27)/t14?,15-,16-,19?,22?/m0/s1. The molecule has 0 aliphatic heterocycles. The quantitative estimate of drug-likeness (QED) is 0.793. The minimum atomic E-state index is -0.222. The summed E-state index contributed by atoms with van der Waals surface area (Å²) in [5.41, 5.74) is 1.14. The van der Waals surface area contributed by atoms with Gasteiger partial charge in [-0.1, -0.05) is 0 Å². The Balaban J connectivity index is 1.53. The lowest BCUT2D eigenvalue weighted by molar-refractivity contribution is -0.125. The molecule has 1 aromatic rings. The number of nitrogens with zero attached hydrogens (tertiary/aromatic N) is 2. The third kappa shape index (κ3) is 3.69. The Morgan fingerprint density at radius 3 is 2.45 bits per heavy atom. The lowest BCUT2D eigenvalue weighted by Gasteiger charge is -2.60. The number of hydrogen-bond donors (Lipinski definition) is 2. The molecule has 4 aliphatic carbocycles. The lowest BCUT2D eigenvalue weighted by Crippen LogP contribution is -2.66. The molecule has 4 saturated carbocycles. The fourth-order valence-corrected chi connectivity index (χ4v) is 6.43. The van der Waals surface area contributed by atoms with Crippen LogP contribution in [0.3, 0.4) is 0 Å². The molecule has 7 heteroatoms. The molecule has 2 atom stereocenters. The number of nitrogens with one attached hydrogen (secondary N) is 2. The Kier molecular flexibility index (Phi) is 5.00. The molecule has 7 nitrogen and oxygen atoms in total. The van der Waals surface area contributed by atoms with Crippen LogP contribution in [0.4, 0.5) is 0 Å². The monoisotopic (exact) mass is 402 g/mol. The van der Waals surface area contributed by atoms with E-state index in [1.54, 1.807) is 20.2 Å². The minimum absolute atomic E-state index is 0.0537. The van der Waals surface area contributed by atoms with Crippen molar-refractivity contribution in [2.75, 3.05) is 7.11 Å². The first-order chi connectivity index (χ1) is 13.6. The second-order valence-electron chi connectivity index (χ2n) is 10.5. The topological polar surface area (TPSA) is 85.2 Å². The zero-order valence-corrected chi connectivity index (χ0v) is 18.2. The van der Waals surface area contributed by atoms with Crippen LogP contribution in [0.5, 0.6) is 0 Å². The maximum atomic E-state index is 13.2. The van der Waals surface area contributed by atoms with Crippen molar-refractivity contribution in [2.24, 2.45) is 17.8 Å². The van der Waals surface area contributed by atoms with Gasteiger partial charge in [-0.05, 0) is 70.6 Å². The van der Waals surface area contributed by atoms with Crippen LogP contribution in [0, 0.1) is 17.8 Å². The summed E-state index contributed by atoms with van der Waals surface area (Å²) in [5, 5.41) is 11.1. The van der Waals surface area contributed by atoms with E-state index >= 15 is 0 Å². The summed E-state index contributed by atoms with van der Waals surface area (Å²) in [6.45, 7) is 8.17. The second-order valence-corrected chi connectivity index (χ2v) is 10.5. The largest absolute Gasteiger partial charge is 0.378 e. The van der Waals surface area contributed by atoms with Gasteiger partial charge in [-0.3, -0.25) is 14.3 Å². The molecule has 5 rings (SSSR count). The first kappa shape index (κ1) is 20.4. The van der Waals surface area contributed by atoms with Crippen LogP contribution < -0.4 is 10.6 Å². The molecule has 0 aromatic carbocycles. The molecule has 2 amide bonds. The van der Waals surface area contributed by atoms with E-state index in [9.17, 15) is 9.59 Å². The van der Waals surface area contributed by atoms with Gasteiger partial charge in [0.1, 0.15) is 0 Å². The Morgan fingerprint density at radius 2 is 1.90 bits per heavy atom. The number of amides is 2. The van der Waals surface area contributed by atoms with Crippen molar-refractivity contribution in [1.82, 2.24) is 20.4 Å². The summed E-state index contributed by atoms with van der Waals surface area (Å²) in [5.74, 6) is 1.53. The van der Waals surface area contributed by atoms with Gasteiger partial charge < -0.3 is 15.4 Å². The maximum absolute atomic E-state index is 13.2. The molecular weight excluding hydrogens is 368 g/mol. The molecule has 1 aromatic heterocycles. The molecule has 4 bridgehead atoms.